The van der Waals surface area contributed by atoms with E-state index in [1.807, 2.05) is 0 Å². The molecule has 4 nitrogen and oxygen atoms in total. The zero-order valence-electron chi connectivity index (χ0n) is 14.0. The van der Waals surface area contributed by atoms with Gasteiger partial charge in [0.25, 0.3) is 5.91 Å². The summed E-state index contributed by atoms with van der Waals surface area (Å²) >= 11 is -0.378. The molecule has 0 saturated carbocycles. The molecule has 0 aliphatic rings. The third-order valence-corrected chi connectivity index (χ3v) is 3.98. The first-order valence-electron chi connectivity index (χ1n) is 7.51. The summed E-state index contributed by atoms with van der Waals surface area (Å²) in [6, 6.07) is 7.04. The zero-order valence-corrected chi connectivity index (χ0v) is 14.9. The molecule has 0 saturated heterocycles. The highest BCUT2D eigenvalue weighted by atomic mass is 32.2. The van der Waals surface area contributed by atoms with Crippen LogP contribution in [0.15, 0.2) is 47.4 Å². The van der Waals surface area contributed by atoms with Crippen LogP contribution in [0.3, 0.4) is 0 Å². The molecule has 0 unspecified atom stereocenters. The van der Waals surface area contributed by atoms with Gasteiger partial charge in [-0.1, -0.05) is 0 Å². The Morgan fingerprint density at radius 1 is 0.893 bits per heavy atom. The summed E-state index contributed by atoms with van der Waals surface area (Å²) in [4.78, 5) is 23.0. The molecule has 0 spiro atoms. The lowest BCUT2D eigenvalue weighted by Crippen LogP contribution is -2.17. The quantitative estimate of drug-likeness (QED) is 0.503. The molecule has 0 atom stereocenters. The average molecular weight is 422 g/mol. The fraction of sp³-hybridized carbons (Fsp3) is 0.176. The number of thioether (sulfide) groups is 1. The van der Waals surface area contributed by atoms with Crippen molar-refractivity contribution in [2.24, 2.45) is 0 Å². The number of amides is 2. The van der Waals surface area contributed by atoms with Gasteiger partial charge in [-0.25, -0.2) is 0 Å². The smallest absolute Gasteiger partial charge is 0.326 e. The minimum Gasteiger partial charge on any atom is -0.326 e. The van der Waals surface area contributed by atoms with Crippen molar-refractivity contribution in [3.63, 3.8) is 0 Å². The van der Waals surface area contributed by atoms with Gasteiger partial charge in [0.05, 0.1) is 11.3 Å². The minimum atomic E-state index is -4.82. The second-order valence-corrected chi connectivity index (χ2v) is 6.60. The molecule has 2 amide bonds. The Hall–Kier alpha value is -2.69. The number of carbonyl (C=O) groups is 2. The van der Waals surface area contributed by atoms with Crippen molar-refractivity contribution in [2.75, 3.05) is 10.6 Å². The predicted molar refractivity (Wildman–Crippen MR) is 92.1 cm³/mol. The van der Waals surface area contributed by atoms with E-state index < -0.39 is 34.7 Å². The molecule has 0 heterocycles. The summed E-state index contributed by atoms with van der Waals surface area (Å²) in [5.41, 5.74) is -6.46. The zero-order chi connectivity index (χ0) is 21.1. The van der Waals surface area contributed by atoms with Gasteiger partial charge >= 0.3 is 11.7 Å². The van der Waals surface area contributed by atoms with Crippen LogP contribution >= 0.6 is 11.8 Å². The van der Waals surface area contributed by atoms with Crippen LogP contribution in [0.4, 0.5) is 37.7 Å². The highest BCUT2D eigenvalue weighted by molar-refractivity contribution is 8.00. The van der Waals surface area contributed by atoms with Crippen molar-refractivity contribution in [1.29, 1.82) is 0 Å². The van der Waals surface area contributed by atoms with Crippen molar-refractivity contribution in [3.05, 3.63) is 53.6 Å². The van der Waals surface area contributed by atoms with E-state index in [-0.39, 0.29) is 27.9 Å². The topological polar surface area (TPSA) is 58.2 Å². The van der Waals surface area contributed by atoms with E-state index in [2.05, 4.69) is 10.6 Å². The Kier molecular flexibility index (Phi) is 6.27. The van der Waals surface area contributed by atoms with E-state index in [9.17, 15) is 35.9 Å². The lowest BCUT2D eigenvalue weighted by molar-refractivity contribution is -0.137. The van der Waals surface area contributed by atoms with Gasteiger partial charge in [-0.2, -0.15) is 26.3 Å². The van der Waals surface area contributed by atoms with Crippen molar-refractivity contribution in [3.8, 4) is 0 Å². The Bertz CT molecular complexity index is 879. The molecule has 150 valence electrons. The molecule has 0 radical (unpaired) electrons. The van der Waals surface area contributed by atoms with Crippen LogP contribution in [-0.2, 0) is 11.0 Å². The summed E-state index contributed by atoms with van der Waals surface area (Å²) in [6.07, 6.45) is -4.82. The second kappa shape index (κ2) is 8.13. The van der Waals surface area contributed by atoms with Crippen LogP contribution in [0.25, 0.3) is 0 Å². The highest BCUT2D eigenvalue weighted by Crippen LogP contribution is 2.38. The Balaban J connectivity index is 2.24. The minimum absolute atomic E-state index is 0.105. The number of nitrogens with one attached hydrogen (secondary N) is 2. The molecule has 0 aromatic heterocycles. The SMILES string of the molecule is CC(=O)Nc1ccc(NC(=O)c2ccc(SC(F)(F)F)cc2)c(C(F)(F)F)c1. The van der Waals surface area contributed by atoms with Crippen molar-refractivity contribution in [2.45, 2.75) is 23.5 Å². The summed E-state index contributed by atoms with van der Waals surface area (Å²) in [5, 5.41) is 4.29. The fourth-order valence-electron chi connectivity index (χ4n) is 2.17. The average Bonchev–Trinajstić information content (AvgIpc) is 2.54. The number of alkyl halides is 6. The van der Waals surface area contributed by atoms with E-state index in [1.165, 1.54) is 6.07 Å². The van der Waals surface area contributed by atoms with Gasteiger partial charge in [0, 0.05) is 23.1 Å². The molecule has 0 bridgehead atoms. The van der Waals surface area contributed by atoms with Gasteiger partial charge in [-0.05, 0) is 54.2 Å². The number of carbonyl (C=O) groups excluding carboxylic acids is 2. The van der Waals surface area contributed by atoms with Crippen LogP contribution in [0.1, 0.15) is 22.8 Å². The number of hydrogen-bond donors (Lipinski definition) is 2. The van der Waals surface area contributed by atoms with Gasteiger partial charge < -0.3 is 10.6 Å². The van der Waals surface area contributed by atoms with E-state index in [4.69, 9.17) is 0 Å². The van der Waals surface area contributed by atoms with Gasteiger partial charge in [0.15, 0.2) is 0 Å². The monoisotopic (exact) mass is 422 g/mol. The van der Waals surface area contributed by atoms with Crippen molar-refractivity contribution >= 4 is 35.0 Å². The third kappa shape index (κ3) is 6.19. The van der Waals surface area contributed by atoms with Crippen molar-refractivity contribution in [1.82, 2.24) is 0 Å². The van der Waals surface area contributed by atoms with Crippen LogP contribution in [0.5, 0.6) is 0 Å². The van der Waals surface area contributed by atoms with Gasteiger partial charge in [-0.15, -0.1) is 0 Å². The fourth-order valence-corrected chi connectivity index (χ4v) is 2.71. The molecular formula is C17H12F6N2O2S. The molecule has 11 heteroatoms. The highest BCUT2D eigenvalue weighted by Gasteiger charge is 2.34. The molecule has 28 heavy (non-hydrogen) atoms. The molecule has 2 rings (SSSR count). The van der Waals surface area contributed by atoms with Crippen LogP contribution < -0.4 is 10.6 Å². The first-order valence-corrected chi connectivity index (χ1v) is 8.33. The Morgan fingerprint density at radius 3 is 2.00 bits per heavy atom. The van der Waals surface area contributed by atoms with Gasteiger partial charge in [-0.3, -0.25) is 9.59 Å². The first-order chi connectivity index (χ1) is 12.8. The van der Waals surface area contributed by atoms with E-state index in [1.54, 1.807) is 0 Å². The standard InChI is InChI=1S/C17H12F6N2O2S/c1-9(26)24-11-4-7-14(13(8-11)16(18,19)20)25-15(27)10-2-5-12(6-3-10)28-17(21,22)23/h2-8H,1H3,(H,24,26)(H,25,27). The molecule has 0 aliphatic heterocycles. The van der Waals surface area contributed by atoms with Crippen LogP contribution in [0, 0.1) is 0 Å². The summed E-state index contributed by atoms with van der Waals surface area (Å²) < 4.78 is 76.7. The normalized spacial score (nSPS) is 11.8. The van der Waals surface area contributed by atoms with E-state index >= 15 is 0 Å². The molecule has 2 aromatic carbocycles. The molecular weight excluding hydrogens is 410 g/mol. The largest absolute Gasteiger partial charge is 0.446 e. The maximum atomic E-state index is 13.3. The molecule has 2 aromatic rings. The number of rotatable bonds is 4. The lowest BCUT2D eigenvalue weighted by atomic mass is 10.1. The molecule has 0 fully saturated rings. The predicted octanol–water partition coefficient (Wildman–Crippen LogP) is 5.53. The number of benzene rings is 2. The van der Waals surface area contributed by atoms with E-state index in [0.717, 1.165) is 37.3 Å². The Morgan fingerprint density at radius 2 is 1.50 bits per heavy atom. The number of halogens is 6. The van der Waals surface area contributed by atoms with Gasteiger partial charge in [0.2, 0.25) is 5.91 Å². The molecule has 2 N–H and O–H groups in total. The van der Waals surface area contributed by atoms with Crippen LogP contribution in [-0.4, -0.2) is 17.3 Å². The van der Waals surface area contributed by atoms with E-state index in [0.29, 0.717) is 6.07 Å². The first kappa shape index (κ1) is 21.6. The van der Waals surface area contributed by atoms with Crippen LogP contribution in [0.2, 0.25) is 0 Å². The van der Waals surface area contributed by atoms with Crippen molar-refractivity contribution < 1.29 is 35.9 Å². The summed E-state index contributed by atoms with van der Waals surface area (Å²) in [5.74, 6) is -1.50. The second-order valence-electron chi connectivity index (χ2n) is 5.47. The third-order valence-electron chi connectivity index (χ3n) is 3.24. The maximum absolute atomic E-state index is 13.3. The summed E-state index contributed by atoms with van der Waals surface area (Å²) in [6.45, 7) is 1.13. The Labute approximate surface area is 159 Å². The number of hydrogen-bond acceptors (Lipinski definition) is 3. The molecule has 0 aliphatic carbocycles. The maximum Gasteiger partial charge on any atom is 0.446 e. The van der Waals surface area contributed by atoms with Gasteiger partial charge in [0.1, 0.15) is 0 Å². The number of anilines is 2. The lowest BCUT2D eigenvalue weighted by Gasteiger charge is -2.15. The summed E-state index contributed by atoms with van der Waals surface area (Å²) in [7, 11) is 0.